The van der Waals surface area contributed by atoms with E-state index < -0.39 is 34.4 Å². The molecule has 0 fully saturated rings. The molecule has 1 heterocycles. The zero-order valence-corrected chi connectivity index (χ0v) is 28.0. The summed E-state index contributed by atoms with van der Waals surface area (Å²) in [5, 5.41) is 39.1. The Morgan fingerprint density at radius 2 is 1.81 bits per heavy atom. The second kappa shape index (κ2) is 16.4. The van der Waals surface area contributed by atoms with Crippen LogP contribution in [0.25, 0.3) is 0 Å². The van der Waals surface area contributed by atoms with E-state index in [1.54, 1.807) is 39.2 Å². The third-order valence-corrected chi connectivity index (χ3v) is 7.79. The Kier molecular flexibility index (Phi) is 12.9. The number of rotatable bonds is 17. The molecule has 0 aromatic heterocycles. The molecule has 0 radical (unpaired) electrons. The van der Waals surface area contributed by atoms with Crippen LogP contribution in [0.4, 0.5) is 5.69 Å². The number of aliphatic hydroxyl groups is 1. The maximum Gasteiger partial charge on any atom is 0.336 e. The van der Waals surface area contributed by atoms with Crippen LogP contribution in [0.2, 0.25) is 0 Å². The second-order valence-electron chi connectivity index (χ2n) is 12.2. The number of para-hydroxylation sites is 2. The normalized spacial score (nSPS) is 15.8. The lowest BCUT2D eigenvalue weighted by Crippen LogP contribution is -2.54. The largest absolute Gasteiger partial charge is 0.493 e. The molecule has 0 aliphatic carbocycles. The quantitative estimate of drug-likeness (QED) is 0.110. The number of carbonyl (C=O) groups excluding carboxylic acids is 1. The maximum atomic E-state index is 13.6. The molecule has 0 saturated carbocycles. The van der Waals surface area contributed by atoms with Gasteiger partial charge in [-0.15, -0.1) is 0 Å². The number of nitro groups is 1. The highest BCUT2D eigenvalue weighted by Gasteiger charge is 2.39. The number of aliphatic hydroxyl groups excluding tert-OH is 1. The zero-order chi connectivity index (χ0) is 34.9. The average Bonchev–Trinajstić information content (AvgIpc) is 3.02. The third kappa shape index (κ3) is 9.77. The van der Waals surface area contributed by atoms with Crippen molar-refractivity contribution in [2.75, 3.05) is 40.0 Å². The minimum atomic E-state index is -1.26. The number of ether oxygens (including phenoxy) is 3. The number of dihydropyridines is 1. The number of nitrogens with zero attached hydrogens (tertiary/aromatic N) is 2. The SMILES string of the molecule is CCOC(=O)C1=C(CN(CC(C)(C)NCC(O)COc2ccccc2OC)C(C)C)NC(C)=C(C(=O)O)C1c1cccc([N+](=O)[O-])c1. The Hall–Kier alpha value is -4.46. The number of carboxylic acid groups (broad SMARTS) is 1. The number of methoxy groups -OCH3 is 1. The fourth-order valence-electron chi connectivity index (χ4n) is 5.47. The summed E-state index contributed by atoms with van der Waals surface area (Å²) in [5.74, 6) is -1.98. The summed E-state index contributed by atoms with van der Waals surface area (Å²) >= 11 is 0. The molecular weight excluding hydrogens is 608 g/mol. The summed E-state index contributed by atoms with van der Waals surface area (Å²) in [4.78, 5) is 39.2. The van der Waals surface area contributed by atoms with Crippen molar-refractivity contribution in [3.8, 4) is 11.5 Å². The highest BCUT2D eigenvalue weighted by molar-refractivity contribution is 5.99. The van der Waals surface area contributed by atoms with Crippen molar-refractivity contribution >= 4 is 17.6 Å². The Balaban J connectivity index is 1.88. The van der Waals surface area contributed by atoms with Crippen LogP contribution >= 0.6 is 0 Å². The van der Waals surface area contributed by atoms with Gasteiger partial charge in [-0.3, -0.25) is 15.0 Å². The number of carboxylic acids is 1. The first-order valence-corrected chi connectivity index (χ1v) is 15.5. The van der Waals surface area contributed by atoms with Crippen LogP contribution < -0.4 is 20.1 Å². The van der Waals surface area contributed by atoms with Gasteiger partial charge in [-0.2, -0.15) is 0 Å². The molecule has 256 valence electrons. The molecule has 2 atom stereocenters. The molecule has 2 aromatic carbocycles. The van der Waals surface area contributed by atoms with E-state index in [0.717, 1.165) is 0 Å². The number of non-ortho nitro benzene ring substituents is 1. The van der Waals surface area contributed by atoms with Crippen LogP contribution in [-0.4, -0.2) is 89.6 Å². The smallest absolute Gasteiger partial charge is 0.336 e. The van der Waals surface area contributed by atoms with Crippen molar-refractivity contribution in [3.63, 3.8) is 0 Å². The van der Waals surface area contributed by atoms with E-state index in [4.69, 9.17) is 14.2 Å². The molecule has 0 spiro atoms. The number of benzene rings is 2. The molecule has 3 rings (SSSR count). The number of aliphatic carboxylic acids is 1. The summed E-state index contributed by atoms with van der Waals surface area (Å²) in [6.07, 6.45) is -0.817. The standard InChI is InChI=1S/C34H46N4O9/c1-8-46-33(42)31-26(36-22(4)29(32(40)41)30(31)23-12-11-13-24(16-23)38(43)44)18-37(21(2)3)20-34(5,6)35-17-25(39)19-47-28-15-10-9-14-27(28)45-7/h9-16,21,25,30,35-36,39H,8,17-20H2,1-7H3,(H,40,41). The van der Waals surface area contributed by atoms with E-state index in [-0.39, 0.29) is 49.2 Å². The predicted octanol–water partition coefficient (Wildman–Crippen LogP) is 3.98. The maximum absolute atomic E-state index is 13.6. The third-order valence-electron chi connectivity index (χ3n) is 7.79. The molecule has 4 N–H and O–H groups in total. The second-order valence-corrected chi connectivity index (χ2v) is 12.2. The number of nitro benzene ring substituents is 1. The van der Waals surface area contributed by atoms with Gasteiger partial charge in [-0.05, 0) is 59.2 Å². The summed E-state index contributed by atoms with van der Waals surface area (Å²) in [5.41, 5.74) is 0.288. The van der Waals surface area contributed by atoms with Gasteiger partial charge >= 0.3 is 11.9 Å². The lowest BCUT2D eigenvalue weighted by molar-refractivity contribution is -0.384. The van der Waals surface area contributed by atoms with Crippen molar-refractivity contribution < 1.29 is 38.9 Å². The molecular formula is C34H46N4O9. The summed E-state index contributed by atoms with van der Waals surface area (Å²) in [6, 6.07) is 12.8. The van der Waals surface area contributed by atoms with Crippen LogP contribution in [-0.2, 0) is 14.3 Å². The van der Waals surface area contributed by atoms with Gasteiger partial charge in [0.1, 0.15) is 12.7 Å². The molecule has 13 nitrogen and oxygen atoms in total. The number of esters is 1. The van der Waals surface area contributed by atoms with Crippen LogP contribution in [0.1, 0.15) is 53.0 Å². The summed E-state index contributed by atoms with van der Waals surface area (Å²) < 4.78 is 16.5. The van der Waals surface area contributed by atoms with Gasteiger partial charge in [-0.1, -0.05) is 24.3 Å². The lowest BCUT2D eigenvalue weighted by Gasteiger charge is -2.39. The van der Waals surface area contributed by atoms with Gasteiger partial charge < -0.3 is 35.1 Å². The minimum absolute atomic E-state index is 0.0194. The lowest BCUT2D eigenvalue weighted by atomic mass is 9.80. The van der Waals surface area contributed by atoms with Crippen molar-refractivity contribution in [1.29, 1.82) is 0 Å². The number of β-amino-alcohol motifs (C(OH)–C–C–N with tert-alkyl or cyclic N) is 1. The van der Waals surface area contributed by atoms with E-state index in [0.29, 0.717) is 35.0 Å². The monoisotopic (exact) mass is 654 g/mol. The van der Waals surface area contributed by atoms with Gasteiger partial charge in [0, 0.05) is 54.7 Å². The Morgan fingerprint density at radius 3 is 2.40 bits per heavy atom. The predicted molar refractivity (Wildman–Crippen MR) is 176 cm³/mol. The Labute approximate surface area is 275 Å². The van der Waals surface area contributed by atoms with Crippen molar-refractivity contribution in [2.45, 2.75) is 65.1 Å². The van der Waals surface area contributed by atoms with E-state index in [1.807, 2.05) is 39.8 Å². The van der Waals surface area contributed by atoms with Crippen molar-refractivity contribution in [1.82, 2.24) is 15.5 Å². The van der Waals surface area contributed by atoms with E-state index >= 15 is 0 Å². The number of hydrogen-bond donors (Lipinski definition) is 4. The average molecular weight is 655 g/mol. The van der Waals surface area contributed by atoms with Crippen molar-refractivity contribution in [3.05, 3.63) is 86.7 Å². The van der Waals surface area contributed by atoms with Gasteiger partial charge in [-0.25, -0.2) is 9.59 Å². The van der Waals surface area contributed by atoms with Crippen LogP contribution in [0.5, 0.6) is 11.5 Å². The molecule has 2 aromatic rings. The van der Waals surface area contributed by atoms with Crippen LogP contribution in [0, 0.1) is 10.1 Å². The van der Waals surface area contributed by atoms with E-state index in [9.17, 15) is 29.9 Å². The van der Waals surface area contributed by atoms with Crippen LogP contribution in [0.15, 0.2) is 71.1 Å². The van der Waals surface area contributed by atoms with E-state index in [2.05, 4.69) is 15.5 Å². The molecule has 1 aliphatic heterocycles. The van der Waals surface area contributed by atoms with Gasteiger partial charge in [0.05, 0.1) is 35.7 Å². The molecule has 2 unspecified atom stereocenters. The molecule has 47 heavy (non-hydrogen) atoms. The van der Waals surface area contributed by atoms with Crippen molar-refractivity contribution in [2.24, 2.45) is 0 Å². The molecule has 0 saturated heterocycles. The zero-order valence-electron chi connectivity index (χ0n) is 28.0. The first-order chi connectivity index (χ1) is 22.2. The first-order valence-electron chi connectivity index (χ1n) is 15.5. The Bertz CT molecular complexity index is 1500. The topological polar surface area (TPSA) is 173 Å². The highest BCUT2D eigenvalue weighted by atomic mass is 16.6. The molecule has 13 heteroatoms. The van der Waals surface area contributed by atoms with Gasteiger partial charge in [0.25, 0.3) is 5.69 Å². The number of hydrogen-bond acceptors (Lipinski definition) is 11. The molecule has 1 aliphatic rings. The number of nitrogens with one attached hydrogen (secondary N) is 2. The van der Waals surface area contributed by atoms with E-state index in [1.165, 1.54) is 18.2 Å². The minimum Gasteiger partial charge on any atom is -0.493 e. The first kappa shape index (κ1) is 37.0. The summed E-state index contributed by atoms with van der Waals surface area (Å²) in [7, 11) is 1.55. The summed E-state index contributed by atoms with van der Waals surface area (Å²) in [6.45, 7) is 12.3. The van der Waals surface area contributed by atoms with Gasteiger partial charge in [0.2, 0.25) is 0 Å². The molecule has 0 amide bonds. The number of carbonyl (C=O) groups is 2. The Morgan fingerprint density at radius 1 is 1.13 bits per heavy atom. The fraction of sp³-hybridized carbons (Fsp3) is 0.471. The van der Waals surface area contributed by atoms with Crippen LogP contribution in [0.3, 0.4) is 0 Å². The fourth-order valence-corrected chi connectivity index (χ4v) is 5.47. The highest BCUT2D eigenvalue weighted by Crippen LogP contribution is 2.40. The van der Waals surface area contributed by atoms with Gasteiger partial charge in [0.15, 0.2) is 11.5 Å². The number of allylic oxidation sites excluding steroid dienone is 1. The molecule has 0 bridgehead atoms.